The van der Waals surface area contributed by atoms with E-state index in [0.717, 1.165) is 5.75 Å². The van der Waals surface area contributed by atoms with Gasteiger partial charge in [-0.3, -0.25) is 4.79 Å². The maximum Gasteiger partial charge on any atom is 0.243 e. The molecule has 3 aromatic carbocycles. The lowest BCUT2D eigenvalue weighted by Gasteiger charge is -2.31. The molecule has 3 aromatic rings. The first-order chi connectivity index (χ1) is 15.9. The molecule has 33 heavy (non-hydrogen) atoms. The van der Waals surface area contributed by atoms with Crippen LogP contribution in [-0.4, -0.2) is 31.7 Å². The minimum Gasteiger partial charge on any atom is -0.326 e. The number of anilines is 1. The van der Waals surface area contributed by atoms with Gasteiger partial charge in [0.15, 0.2) is 0 Å². The van der Waals surface area contributed by atoms with Gasteiger partial charge in [-0.2, -0.15) is 4.31 Å². The fraction of sp³-hybridized carbons (Fsp3) is 0.240. The third-order valence-electron chi connectivity index (χ3n) is 5.58. The standard InChI is InChI=1S/C25H25ClN2O3S2/c26-21-10-14-24(15-11-21)33(30,31)28-16-4-5-20(17-28)25(29)27-22-12-8-19(9-13-22)18-32-23-6-2-1-3-7-23/h1-3,6-15,20H,4-5,16-18H2,(H,27,29)/t20-/m1/s1. The van der Waals surface area contributed by atoms with Gasteiger partial charge in [0, 0.05) is 34.4 Å². The minimum absolute atomic E-state index is 0.155. The summed E-state index contributed by atoms with van der Waals surface area (Å²) in [5, 5.41) is 3.43. The zero-order valence-corrected chi connectivity index (χ0v) is 20.4. The van der Waals surface area contributed by atoms with Gasteiger partial charge in [0.25, 0.3) is 0 Å². The Labute approximate surface area is 204 Å². The molecule has 1 N–H and O–H groups in total. The molecular formula is C25H25ClN2O3S2. The highest BCUT2D eigenvalue weighted by Crippen LogP contribution is 2.26. The van der Waals surface area contributed by atoms with Crippen LogP contribution in [0.4, 0.5) is 5.69 Å². The molecule has 1 saturated heterocycles. The Morgan fingerprint density at radius 3 is 2.39 bits per heavy atom. The van der Waals surface area contributed by atoms with E-state index in [9.17, 15) is 13.2 Å². The summed E-state index contributed by atoms with van der Waals surface area (Å²) in [6.07, 6.45) is 1.30. The van der Waals surface area contributed by atoms with Crippen LogP contribution in [0.3, 0.4) is 0 Å². The Balaban J connectivity index is 1.34. The van der Waals surface area contributed by atoms with Gasteiger partial charge < -0.3 is 5.32 Å². The number of carbonyl (C=O) groups excluding carboxylic acids is 1. The number of hydrogen-bond acceptors (Lipinski definition) is 4. The topological polar surface area (TPSA) is 66.5 Å². The number of carbonyl (C=O) groups is 1. The average Bonchev–Trinajstić information content (AvgIpc) is 2.84. The van der Waals surface area contributed by atoms with Crippen molar-refractivity contribution in [1.29, 1.82) is 0 Å². The molecule has 0 bridgehead atoms. The van der Waals surface area contributed by atoms with Crippen LogP contribution in [0.1, 0.15) is 18.4 Å². The summed E-state index contributed by atoms with van der Waals surface area (Å²) in [6, 6.07) is 24.1. The molecule has 172 valence electrons. The van der Waals surface area contributed by atoms with Gasteiger partial charge >= 0.3 is 0 Å². The molecule has 1 fully saturated rings. The van der Waals surface area contributed by atoms with Crippen molar-refractivity contribution in [2.45, 2.75) is 28.4 Å². The summed E-state index contributed by atoms with van der Waals surface area (Å²) in [5.74, 6) is 0.296. The van der Waals surface area contributed by atoms with Crippen LogP contribution in [0, 0.1) is 5.92 Å². The molecule has 0 radical (unpaired) electrons. The van der Waals surface area contributed by atoms with Gasteiger partial charge in [-0.15, -0.1) is 11.8 Å². The summed E-state index contributed by atoms with van der Waals surface area (Å²) >= 11 is 7.64. The van der Waals surface area contributed by atoms with Crippen LogP contribution in [0.25, 0.3) is 0 Å². The van der Waals surface area contributed by atoms with Gasteiger partial charge in [0.1, 0.15) is 0 Å². The predicted octanol–water partition coefficient (Wildman–Crippen LogP) is 5.67. The molecule has 1 amide bonds. The fourth-order valence-corrected chi connectivity index (χ4v) is 6.27. The van der Waals surface area contributed by atoms with Crippen molar-refractivity contribution in [2.24, 2.45) is 5.92 Å². The first-order valence-corrected chi connectivity index (χ1v) is 13.6. The number of piperidine rings is 1. The fourth-order valence-electron chi connectivity index (χ4n) is 3.74. The molecule has 0 aliphatic carbocycles. The van der Waals surface area contributed by atoms with E-state index in [1.165, 1.54) is 26.9 Å². The van der Waals surface area contributed by atoms with E-state index in [1.807, 2.05) is 42.5 Å². The second kappa shape index (κ2) is 10.7. The zero-order valence-electron chi connectivity index (χ0n) is 18.0. The Bertz CT molecular complexity index is 1180. The molecule has 1 atom stereocenters. The van der Waals surface area contributed by atoms with Gasteiger partial charge in [-0.25, -0.2) is 8.42 Å². The maximum absolute atomic E-state index is 13.0. The van der Waals surface area contributed by atoms with Crippen LogP contribution in [0.2, 0.25) is 5.02 Å². The molecule has 0 unspecified atom stereocenters. The predicted molar refractivity (Wildman–Crippen MR) is 134 cm³/mol. The normalized spacial score (nSPS) is 16.9. The molecule has 1 heterocycles. The summed E-state index contributed by atoms with van der Waals surface area (Å²) in [4.78, 5) is 14.3. The number of benzene rings is 3. The van der Waals surface area contributed by atoms with Crippen molar-refractivity contribution in [3.8, 4) is 0 Å². The maximum atomic E-state index is 13.0. The van der Waals surface area contributed by atoms with Crippen molar-refractivity contribution < 1.29 is 13.2 Å². The molecule has 4 rings (SSSR count). The quantitative estimate of drug-likeness (QED) is 0.424. The highest BCUT2D eigenvalue weighted by atomic mass is 35.5. The first kappa shape index (κ1) is 23.8. The third-order valence-corrected chi connectivity index (χ3v) is 8.79. The minimum atomic E-state index is -3.66. The van der Waals surface area contributed by atoms with Crippen LogP contribution < -0.4 is 5.32 Å². The summed E-state index contributed by atoms with van der Waals surface area (Å²) in [6.45, 7) is 0.575. The van der Waals surface area contributed by atoms with Crippen LogP contribution in [-0.2, 0) is 20.6 Å². The number of amides is 1. The van der Waals surface area contributed by atoms with E-state index in [0.29, 0.717) is 30.1 Å². The number of hydrogen-bond donors (Lipinski definition) is 1. The van der Waals surface area contributed by atoms with Crippen LogP contribution >= 0.6 is 23.4 Å². The number of sulfonamides is 1. The Morgan fingerprint density at radius 1 is 1.00 bits per heavy atom. The summed E-state index contributed by atoms with van der Waals surface area (Å²) < 4.78 is 27.3. The Kier molecular flexibility index (Phi) is 7.75. The first-order valence-electron chi connectivity index (χ1n) is 10.8. The summed E-state index contributed by atoms with van der Waals surface area (Å²) in [5.41, 5.74) is 1.88. The Hall–Kier alpha value is -2.32. The molecule has 0 aromatic heterocycles. The second-order valence-electron chi connectivity index (χ2n) is 7.94. The van der Waals surface area contributed by atoms with Crippen molar-refractivity contribution in [3.05, 3.63) is 89.4 Å². The number of halogens is 1. The number of rotatable bonds is 7. The smallest absolute Gasteiger partial charge is 0.243 e. The van der Waals surface area contributed by atoms with Crippen molar-refractivity contribution in [2.75, 3.05) is 18.4 Å². The van der Waals surface area contributed by atoms with Crippen LogP contribution in [0.5, 0.6) is 0 Å². The van der Waals surface area contributed by atoms with E-state index in [1.54, 1.807) is 23.9 Å². The number of thioether (sulfide) groups is 1. The molecule has 1 aliphatic heterocycles. The highest BCUT2D eigenvalue weighted by Gasteiger charge is 2.33. The molecule has 5 nitrogen and oxygen atoms in total. The van der Waals surface area contributed by atoms with Crippen molar-refractivity contribution in [1.82, 2.24) is 4.31 Å². The zero-order chi connectivity index (χ0) is 23.3. The summed E-state index contributed by atoms with van der Waals surface area (Å²) in [7, 11) is -3.66. The van der Waals surface area contributed by atoms with Gasteiger partial charge in [-0.05, 0) is 66.9 Å². The second-order valence-corrected chi connectivity index (χ2v) is 11.4. The third kappa shape index (κ3) is 6.18. The SMILES string of the molecule is O=C(Nc1ccc(CSc2ccccc2)cc1)[C@@H]1CCCN(S(=O)(=O)c2ccc(Cl)cc2)C1. The number of nitrogens with one attached hydrogen (secondary N) is 1. The largest absolute Gasteiger partial charge is 0.326 e. The van der Waals surface area contributed by atoms with E-state index < -0.39 is 15.9 Å². The average molecular weight is 501 g/mol. The van der Waals surface area contributed by atoms with E-state index >= 15 is 0 Å². The van der Waals surface area contributed by atoms with Gasteiger partial charge in [0.2, 0.25) is 15.9 Å². The van der Waals surface area contributed by atoms with Crippen molar-refractivity contribution >= 4 is 45.0 Å². The lowest BCUT2D eigenvalue weighted by Crippen LogP contribution is -2.43. The van der Waals surface area contributed by atoms with Gasteiger partial charge in [-0.1, -0.05) is 41.9 Å². The molecule has 8 heteroatoms. The van der Waals surface area contributed by atoms with E-state index in [2.05, 4.69) is 17.4 Å². The monoisotopic (exact) mass is 500 g/mol. The molecule has 0 saturated carbocycles. The molecule has 0 spiro atoms. The highest BCUT2D eigenvalue weighted by molar-refractivity contribution is 7.98. The Morgan fingerprint density at radius 2 is 1.70 bits per heavy atom. The van der Waals surface area contributed by atoms with E-state index in [4.69, 9.17) is 11.6 Å². The van der Waals surface area contributed by atoms with Gasteiger partial charge in [0.05, 0.1) is 10.8 Å². The molecular weight excluding hydrogens is 476 g/mol. The molecule has 1 aliphatic rings. The van der Waals surface area contributed by atoms with Crippen molar-refractivity contribution in [3.63, 3.8) is 0 Å². The lowest BCUT2D eigenvalue weighted by atomic mass is 9.98. The van der Waals surface area contributed by atoms with Crippen LogP contribution in [0.15, 0.2) is 88.7 Å². The van der Waals surface area contributed by atoms with E-state index in [-0.39, 0.29) is 17.3 Å². The number of nitrogens with zero attached hydrogens (tertiary/aromatic N) is 1. The lowest BCUT2D eigenvalue weighted by molar-refractivity contribution is -0.120.